The van der Waals surface area contributed by atoms with Gasteiger partial charge in [0.2, 0.25) is 5.91 Å². The summed E-state index contributed by atoms with van der Waals surface area (Å²) in [5, 5.41) is 6.49. The SMILES string of the molecule is CN(Cc1ncn[nH]1)C(=O)C1(CN)CCC1. The Morgan fingerprint density at radius 1 is 1.69 bits per heavy atom. The van der Waals surface area contributed by atoms with Gasteiger partial charge in [-0.2, -0.15) is 5.10 Å². The molecule has 88 valence electrons. The van der Waals surface area contributed by atoms with E-state index in [0.717, 1.165) is 19.3 Å². The van der Waals surface area contributed by atoms with Gasteiger partial charge >= 0.3 is 0 Å². The molecule has 3 N–H and O–H groups in total. The second kappa shape index (κ2) is 4.21. The van der Waals surface area contributed by atoms with Crippen LogP contribution >= 0.6 is 0 Å². The van der Waals surface area contributed by atoms with Crippen molar-refractivity contribution in [3.05, 3.63) is 12.2 Å². The Labute approximate surface area is 94.2 Å². The lowest BCUT2D eigenvalue weighted by Crippen LogP contribution is -2.50. The van der Waals surface area contributed by atoms with Crippen LogP contribution in [0.3, 0.4) is 0 Å². The number of hydrogen-bond donors (Lipinski definition) is 2. The zero-order valence-electron chi connectivity index (χ0n) is 9.44. The second-order valence-electron chi connectivity index (χ2n) is 4.43. The lowest BCUT2D eigenvalue weighted by Gasteiger charge is -2.41. The minimum Gasteiger partial charge on any atom is -0.338 e. The molecule has 0 atom stereocenters. The number of H-pyrrole nitrogens is 1. The molecule has 0 unspecified atom stereocenters. The predicted octanol–water partition coefficient (Wildman–Crippen LogP) is -0.108. The number of nitrogens with two attached hydrogens (primary N) is 1. The van der Waals surface area contributed by atoms with Crippen molar-refractivity contribution >= 4 is 5.91 Å². The van der Waals surface area contributed by atoms with E-state index in [2.05, 4.69) is 15.2 Å². The van der Waals surface area contributed by atoms with Crippen molar-refractivity contribution in [1.82, 2.24) is 20.1 Å². The first kappa shape index (κ1) is 11.1. The third-order valence-electron chi connectivity index (χ3n) is 3.35. The fourth-order valence-electron chi connectivity index (χ4n) is 2.12. The number of carbonyl (C=O) groups is 1. The number of rotatable bonds is 4. The van der Waals surface area contributed by atoms with E-state index in [9.17, 15) is 4.79 Å². The molecular formula is C10H17N5O. The molecule has 0 radical (unpaired) electrons. The highest BCUT2D eigenvalue weighted by Gasteiger charge is 2.44. The van der Waals surface area contributed by atoms with Gasteiger partial charge in [-0.15, -0.1) is 0 Å². The van der Waals surface area contributed by atoms with E-state index in [1.54, 1.807) is 11.9 Å². The maximum absolute atomic E-state index is 12.2. The number of nitrogens with zero attached hydrogens (tertiary/aromatic N) is 3. The largest absolute Gasteiger partial charge is 0.338 e. The number of hydrogen-bond acceptors (Lipinski definition) is 4. The summed E-state index contributed by atoms with van der Waals surface area (Å²) >= 11 is 0. The summed E-state index contributed by atoms with van der Waals surface area (Å²) < 4.78 is 0. The zero-order valence-corrected chi connectivity index (χ0v) is 9.44. The summed E-state index contributed by atoms with van der Waals surface area (Å²) in [5.74, 6) is 0.819. The highest BCUT2D eigenvalue weighted by molar-refractivity contribution is 5.83. The smallest absolute Gasteiger partial charge is 0.230 e. The molecule has 6 heteroatoms. The predicted molar refractivity (Wildman–Crippen MR) is 58.2 cm³/mol. The van der Waals surface area contributed by atoms with Gasteiger partial charge in [0.1, 0.15) is 12.2 Å². The summed E-state index contributed by atoms with van der Waals surface area (Å²) in [6.45, 7) is 0.896. The van der Waals surface area contributed by atoms with Crippen LogP contribution in [0, 0.1) is 5.41 Å². The Morgan fingerprint density at radius 2 is 2.44 bits per heavy atom. The van der Waals surface area contributed by atoms with Crippen molar-refractivity contribution in [2.24, 2.45) is 11.1 Å². The molecule has 1 amide bonds. The fourth-order valence-corrected chi connectivity index (χ4v) is 2.12. The monoisotopic (exact) mass is 223 g/mol. The summed E-state index contributed by atoms with van der Waals surface area (Å²) in [6, 6.07) is 0. The third-order valence-corrected chi connectivity index (χ3v) is 3.35. The Morgan fingerprint density at radius 3 is 2.88 bits per heavy atom. The molecule has 0 aliphatic heterocycles. The van der Waals surface area contributed by atoms with Crippen LogP contribution in [-0.4, -0.2) is 39.6 Å². The van der Waals surface area contributed by atoms with Gasteiger partial charge < -0.3 is 10.6 Å². The summed E-state index contributed by atoms with van der Waals surface area (Å²) in [7, 11) is 1.78. The minimum atomic E-state index is -0.311. The molecule has 1 aliphatic rings. The molecular weight excluding hydrogens is 206 g/mol. The summed E-state index contributed by atoms with van der Waals surface area (Å²) in [6.07, 6.45) is 4.35. The van der Waals surface area contributed by atoms with Gasteiger partial charge in [-0.05, 0) is 12.8 Å². The van der Waals surface area contributed by atoms with Crippen molar-refractivity contribution in [2.45, 2.75) is 25.8 Å². The van der Waals surface area contributed by atoms with Crippen molar-refractivity contribution in [3.63, 3.8) is 0 Å². The van der Waals surface area contributed by atoms with Gasteiger partial charge in [0, 0.05) is 13.6 Å². The van der Waals surface area contributed by atoms with Gasteiger partial charge in [-0.25, -0.2) is 4.98 Å². The van der Waals surface area contributed by atoms with E-state index < -0.39 is 0 Å². The van der Waals surface area contributed by atoms with Crippen LogP contribution in [0.25, 0.3) is 0 Å². The van der Waals surface area contributed by atoms with E-state index in [1.165, 1.54) is 6.33 Å². The molecule has 6 nitrogen and oxygen atoms in total. The van der Waals surface area contributed by atoms with E-state index >= 15 is 0 Å². The number of aromatic nitrogens is 3. The summed E-state index contributed by atoms with van der Waals surface area (Å²) in [5.41, 5.74) is 5.39. The molecule has 0 aromatic carbocycles. The molecule has 0 bridgehead atoms. The first-order chi connectivity index (χ1) is 7.68. The van der Waals surface area contributed by atoms with Gasteiger partial charge in [-0.1, -0.05) is 6.42 Å². The number of aromatic amines is 1. The lowest BCUT2D eigenvalue weighted by atomic mass is 9.68. The second-order valence-corrected chi connectivity index (χ2v) is 4.43. The molecule has 2 rings (SSSR count). The fraction of sp³-hybridized carbons (Fsp3) is 0.700. The lowest BCUT2D eigenvalue weighted by molar-refractivity contribution is -0.145. The molecule has 16 heavy (non-hydrogen) atoms. The molecule has 1 aromatic rings. The van der Waals surface area contributed by atoms with Gasteiger partial charge in [0.15, 0.2) is 0 Å². The highest BCUT2D eigenvalue weighted by Crippen LogP contribution is 2.41. The third kappa shape index (κ3) is 1.80. The van der Waals surface area contributed by atoms with Crippen LogP contribution in [0.2, 0.25) is 0 Å². The van der Waals surface area contributed by atoms with Gasteiger partial charge in [0.25, 0.3) is 0 Å². The van der Waals surface area contributed by atoms with Gasteiger partial charge in [-0.3, -0.25) is 9.89 Å². The topological polar surface area (TPSA) is 87.9 Å². The number of nitrogens with one attached hydrogen (secondary N) is 1. The van der Waals surface area contributed by atoms with Gasteiger partial charge in [0.05, 0.1) is 12.0 Å². The van der Waals surface area contributed by atoms with Crippen LogP contribution in [0.15, 0.2) is 6.33 Å². The Hall–Kier alpha value is -1.43. The van der Waals surface area contributed by atoms with Crippen LogP contribution < -0.4 is 5.73 Å². The highest BCUT2D eigenvalue weighted by atomic mass is 16.2. The molecule has 0 saturated heterocycles. The van der Waals surface area contributed by atoms with Crippen molar-refractivity contribution in [2.75, 3.05) is 13.6 Å². The van der Waals surface area contributed by atoms with Crippen molar-refractivity contribution < 1.29 is 4.79 Å². The Bertz CT molecular complexity index is 352. The normalized spacial score (nSPS) is 17.9. The van der Waals surface area contributed by atoms with Crippen LogP contribution in [0.5, 0.6) is 0 Å². The van der Waals surface area contributed by atoms with E-state index in [4.69, 9.17) is 5.73 Å². The van der Waals surface area contributed by atoms with Crippen molar-refractivity contribution in [1.29, 1.82) is 0 Å². The molecule has 1 saturated carbocycles. The number of carbonyl (C=O) groups excluding carboxylic acids is 1. The molecule has 1 fully saturated rings. The average molecular weight is 223 g/mol. The maximum atomic E-state index is 12.2. The van der Waals surface area contributed by atoms with E-state index in [0.29, 0.717) is 18.9 Å². The average Bonchev–Trinajstić information content (AvgIpc) is 2.69. The first-order valence-electron chi connectivity index (χ1n) is 5.48. The molecule has 0 spiro atoms. The maximum Gasteiger partial charge on any atom is 0.230 e. The first-order valence-corrected chi connectivity index (χ1v) is 5.48. The molecule has 1 heterocycles. The standard InChI is InChI=1S/C10H17N5O/c1-15(5-8-12-7-13-14-8)9(16)10(6-11)3-2-4-10/h7H,2-6,11H2,1H3,(H,12,13,14). The molecule has 1 aliphatic carbocycles. The summed E-state index contributed by atoms with van der Waals surface area (Å²) in [4.78, 5) is 17.9. The quantitative estimate of drug-likeness (QED) is 0.745. The van der Waals surface area contributed by atoms with Crippen LogP contribution in [0.1, 0.15) is 25.1 Å². The van der Waals surface area contributed by atoms with E-state index in [1.807, 2.05) is 0 Å². The van der Waals surface area contributed by atoms with Crippen molar-refractivity contribution in [3.8, 4) is 0 Å². The van der Waals surface area contributed by atoms with Crippen LogP contribution in [0.4, 0.5) is 0 Å². The van der Waals surface area contributed by atoms with E-state index in [-0.39, 0.29) is 11.3 Å². The molecule has 1 aromatic heterocycles. The Balaban J connectivity index is 1.99. The zero-order chi connectivity index (χ0) is 11.6. The Kier molecular flexibility index (Phi) is 2.91. The number of amides is 1. The minimum absolute atomic E-state index is 0.123. The van der Waals surface area contributed by atoms with Crippen LogP contribution in [-0.2, 0) is 11.3 Å².